The van der Waals surface area contributed by atoms with Gasteiger partial charge >= 0.3 is 0 Å². The third kappa shape index (κ3) is 3.80. The highest BCUT2D eigenvalue weighted by Crippen LogP contribution is 2.21. The maximum absolute atomic E-state index is 12.5. The van der Waals surface area contributed by atoms with Crippen molar-refractivity contribution in [1.82, 2.24) is 9.88 Å². The van der Waals surface area contributed by atoms with E-state index in [0.29, 0.717) is 30.0 Å². The van der Waals surface area contributed by atoms with Crippen molar-refractivity contribution >= 4 is 44.3 Å². The van der Waals surface area contributed by atoms with Crippen molar-refractivity contribution in [3.8, 4) is 0 Å². The molecule has 2 N–H and O–H groups in total. The van der Waals surface area contributed by atoms with Crippen molar-refractivity contribution in [2.75, 3.05) is 18.4 Å². The average molecular weight is 414 g/mol. The van der Waals surface area contributed by atoms with Gasteiger partial charge in [0.2, 0.25) is 0 Å². The summed E-state index contributed by atoms with van der Waals surface area (Å²) in [5.74, 6) is -0.228. The van der Waals surface area contributed by atoms with Crippen LogP contribution in [0.4, 0.5) is 5.69 Å². The normalized spacial score (nSPS) is 10.7. The SMILES string of the molecule is CCN(CC)C(=O)c1ccc(NC(=O)c2cc3cc(Br)ccc3[nH]2)cc1. The number of carbonyl (C=O) groups excluding carboxylic acids is 2. The standard InChI is InChI=1S/C20H20BrN3O2/c1-3-24(4-2)20(26)13-5-8-16(9-6-13)22-19(25)18-12-14-11-15(21)7-10-17(14)23-18/h5-12,23H,3-4H2,1-2H3,(H,22,25). The number of nitrogens with one attached hydrogen (secondary N) is 2. The van der Waals surface area contributed by atoms with Gasteiger partial charge in [-0.15, -0.1) is 0 Å². The van der Waals surface area contributed by atoms with E-state index in [4.69, 9.17) is 0 Å². The summed E-state index contributed by atoms with van der Waals surface area (Å²) in [6.07, 6.45) is 0. The van der Waals surface area contributed by atoms with E-state index in [1.807, 2.05) is 38.1 Å². The molecule has 0 aliphatic rings. The summed E-state index contributed by atoms with van der Waals surface area (Å²) in [6.45, 7) is 5.25. The molecule has 0 aliphatic heterocycles. The monoisotopic (exact) mass is 413 g/mol. The second-order valence-electron chi connectivity index (χ2n) is 5.92. The van der Waals surface area contributed by atoms with Gasteiger partial charge in [0.15, 0.2) is 0 Å². The zero-order chi connectivity index (χ0) is 18.7. The zero-order valence-corrected chi connectivity index (χ0v) is 16.3. The Hall–Kier alpha value is -2.60. The molecule has 2 aromatic carbocycles. The molecule has 1 heterocycles. The fourth-order valence-corrected chi connectivity index (χ4v) is 3.19. The number of H-pyrrole nitrogens is 1. The lowest BCUT2D eigenvalue weighted by Gasteiger charge is -2.18. The molecule has 0 saturated carbocycles. The number of aromatic nitrogens is 1. The first kappa shape index (κ1) is 18.2. The number of hydrogen-bond acceptors (Lipinski definition) is 2. The third-order valence-corrected chi connectivity index (χ3v) is 4.76. The molecule has 0 fully saturated rings. The number of nitrogens with zero attached hydrogens (tertiary/aromatic N) is 1. The highest BCUT2D eigenvalue weighted by Gasteiger charge is 2.13. The van der Waals surface area contributed by atoms with E-state index in [1.54, 1.807) is 29.2 Å². The molecule has 6 heteroatoms. The maximum atomic E-state index is 12.5. The van der Waals surface area contributed by atoms with Gasteiger partial charge in [0.05, 0.1) is 0 Å². The van der Waals surface area contributed by atoms with E-state index in [1.165, 1.54) is 0 Å². The molecule has 26 heavy (non-hydrogen) atoms. The Morgan fingerprint density at radius 1 is 1.04 bits per heavy atom. The van der Waals surface area contributed by atoms with Crippen LogP contribution in [0.3, 0.4) is 0 Å². The van der Waals surface area contributed by atoms with E-state index in [-0.39, 0.29) is 11.8 Å². The van der Waals surface area contributed by atoms with Crippen molar-refractivity contribution < 1.29 is 9.59 Å². The van der Waals surface area contributed by atoms with Gasteiger partial charge in [-0.1, -0.05) is 15.9 Å². The van der Waals surface area contributed by atoms with Crippen molar-refractivity contribution in [1.29, 1.82) is 0 Å². The summed E-state index contributed by atoms with van der Waals surface area (Å²) in [5.41, 5.74) is 2.65. The predicted molar refractivity (Wildman–Crippen MR) is 108 cm³/mol. The largest absolute Gasteiger partial charge is 0.351 e. The molecule has 2 amide bonds. The summed E-state index contributed by atoms with van der Waals surface area (Å²) in [4.78, 5) is 29.6. The molecule has 0 spiro atoms. The minimum atomic E-state index is -0.222. The molecule has 0 saturated heterocycles. The van der Waals surface area contributed by atoms with Gasteiger partial charge in [-0.3, -0.25) is 9.59 Å². The second-order valence-corrected chi connectivity index (χ2v) is 6.84. The van der Waals surface area contributed by atoms with E-state index < -0.39 is 0 Å². The van der Waals surface area contributed by atoms with Crippen LogP contribution in [0.5, 0.6) is 0 Å². The van der Waals surface area contributed by atoms with Crippen LogP contribution in [0.15, 0.2) is 53.0 Å². The summed E-state index contributed by atoms with van der Waals surface area (Å²) in [5, 5.41) is 3.81. The lowest BCUT2D eigenvalue weighted by molar-refractivity contribution is 0.0773. The predicted octanol–water partition coefficient (Wildman–Crippen LogP) is 4.66. The Bertz CT molecular complexity index is 943. The van der Waals surface area contributed by atoms with Crippen LogP contribution >= 0.6 is 15.9 Å². The van der Waals surface area contributed by atoms with Gasteiger partial charge < -0.3 is 15.2 Å². The van der Waals surface area contributed by atoms with Gasteiger partial charge in [-0.2, -0.15) is 0 Å². The summed E-state index contributed by atoms with van der Waals surface area (Å²) in [6, 6.07) is 14.6. The van der Waals surface area contributed by atoms with Gasteiger partial charge in [-0.05, 0) is 62.4 Å². The molecule has 0 atom stereocenters. The van der Waals surface area contributed by atoms with Crippen molar-refractivity contribution in [3.63, 3.8) is 0 Å². The quantitative estimate of drug-likeness (QED) is 0.638. The number of carbonyl (C=O) groups is 2. The Balaban J connectivity index is 1.73. The highest BCUT2D eigenvalue weighted by molar-refractivity contribution is 9.10. The Kier molecular flexibility index (Phi) is 5.42. The lowest BCUT2D eigenvalue weighted by atomic mass is 10.1. The Morgan fingerprint density at radius 3 is 2.38 bits per heavy atom. The number of rotatable bonds is 5. The van der Waals surface area contributed by atoms with Gasteiger partial charge in [0.25, 0.3) is 11.8 Å². The molecular weight excluding hydrogens is 394 g/mol. The van der Waals surface area contributed by atoms with Crippen LogP contribution in [0.2, 0.25) is 0 Å². The minimum absolute atomic E-state index is 0.00549. The first-order valence-corrected chi connectivity index (χ1v) is 9.30. The maximum Gasteiger partial charge on any atom is 0.272 e. The van der Waals surface area contributed by atoms with Gasteiger partial charge in [0.1, 0.15) is 5.69 Å². The molecule has 0 unspecified atom stereocenters. The van der Waals surface area contributed by atoms with Crippen LogP contribution in [0.25, 0.3) is 10.9 Å². The average Bonchev–Trinajstić information content (AvgIpc) is 3.06. The molecular formula is C20H20BrN3O2. The molecule has 0 aliphatic carbocycles. The number of amides is 2. The summed E-state index contributed by atoms with van der Waals surface area (Å²) < 4.78 is 0.962. The first-order valence-electron chi connectivity index (χ1n) is 8.50. The molecule has 0 radical (unpaired) electrons. The molecule has 0 bridgehead atoms. The summed E-state index contributed by atoms with van der Waals surface area (Å²) >= 11 is 3.43. The number of benzene rings is 2. The van der Waals surface area contributed by atoms with Crippen LogP contribution in [-0.4, -0.2) is 34.8 Å². The van der Waals surface area contributed by atoms with Gasteiger partial charge in [-0.25, -0.2) is 0 Å². The fraction of sp³-hybridized carbons (Fsp3) is 0.200. The first-order chi connectivity index (χ1) is 12.5. The van der Waals surface area contributed by atoms with Crippen molar-refractivity contribution in [2.24, 2.45) is 0 Å². The minimum Gasteiger partial charge on any atom is -0.351 e. The summed E-state index contributed by atoms with van der Waals surface area (Å²) in [7, 11) is 0. The lowest BCUT2D eigenvalue weighted by Crippen LogP contribution is -2.30. The molecule has 3 rings (SSSR count). The highest BCUT2D eigenvalue weighted by atomic mass is 79.9. The number of fused-ring (bicyclic) bond motifs is 1. The van der Waals surface area contributed by atoms with Crippen LogP contribution < -0.4 is 5.32 Å². The number of hydrogen-bond donors (Lipinski definition) is 2. The van der Waals surface area contributed by atoms with Gasteiger partial charge in [0, 0.05) is 39.7 Å². The zero-order valence-electron chi connectivity index (χ0n) is 14.7. The number of halogens is 1. The van der Waals surface area contributed by atoms with Crippen LogP contribution in [-0.2, 0) is 0 Å². The number of anilines is 1. The van der Waals surface area contributed by atoms with Crippen molar-refractivity contribution in [3.05, 3.63) is 64.3 Å². The van der Waals surface area contributed by atoms with Crippen LogP contribution in [0, 0.1) is 0 Å². The Labute approximate surface area is 160 Å². The fourth-order valence-electron chi connectivity index (χ4n) is 2.81. The molecule has 3 aromatic rings. The van der Waals surface area contributed by atoms with E-state index >= 15 is 0 Å². The van der Waals surface area contributed by atoms with Crippen LogP contribution in [0.1, 0.15) is 34.7 Å². The topological polar surface area (TPSA) is 65.2 Å². The van der Waals surface area contributed by atoms with E-state index in [0.717, 1.165) is 15.4 Å². The molecule has 5 nitrogen and oxygen atoms in total. The third-order valence-electron chi connectivity index (χ3n) is 4.27. The molecule has 134 valence electrons. The Morgan fingerprint density at radius 2 is 1.73 bits per heavy atom. The van der Waals surface area contributed by atoms with Crippen molar-refractivity contribution in [2.45, 2.75) is 13.8 Å². The molecule has 1 aromatic heterocycles. The smallest absolute Gasteiger partial charge is 0.272 e. The van der Waals surface area contributed by atoms with E-state index in [9.17, 15) is 9.59 Å². The second kappa shape index (κ2) is 7.74. The van der Waals surface area contributed by atoms with E-state index in [2.05, 4.69) is 26.2 Å². The number of aromatic amines is 1.